The molecule has 128 valence electrons. The lowest BCUT2D eigenvalue weighted by Crippen LogP contribution is -2.30. The van der Waals surface area contributed by atoms with Gasteiger partial charge in [0.2, 0.25) is 0 Å². The summed E-state index contributed by atoms with van der Waals surface area (Å²) in [7, 11) is 0. The summed E-state index contributed by atoms with van der Waals surface area (Å²) in [6.07, 6.45) is 2.15. The standard InChI is InChI=1S/C18H23N3OS2/c1-3-10-21-11-9-15-16(12-21)24-18(19-15)20-17(22)13-5-7-14(8-6-13)23-4-2/h5-8H,3-4,9-12H2,1-2H3,(H,19,20,22). The SMILES string of the molecule is CCCN1CCc2nc(NC(=O)c3ccc(SCC)cc3)sc2C1. The number of thiazole rings is 1. The molecule has 0 bridgehead atoms. The van der Waals surface area contributed by atoms with E-state index >= 15 is 0 Å². The molecule has 0 unspecified atom stereocenters. The lowest BCUT2D eigenvalue weighted by atomic mass is 10.2. The number of carbonyl (C=O) groups excluding carboxylic acids is 1. The number of nitrogens with one attached hydrogen (secondary N) is 1. The van der Waals surface area contributed by atoms with Crippen molar-refractivity contribution >= 4 is 34.1 Å². The van der Waals surface area contributed by atoms with Crippen molar-refractivity contribution in [1.29, 1.82) is 0 Å². The summed E-state index contributed by atoms with van der Waals surface area (Å²) in [5.41, 5.74) is 1.83. The lowest BCUT2D eigenvalue weighted by Gasteiger charge is -2.24. The molecular formula is C18H23N3OS2. The first-order valence-electron chi connectivity index (χ1n) is 8.44. The van der Waals surface area contributed by atoms with E-state index in [1.54, 1.807) is 23.1 Å². The Hall–Kier alpha value is -1.37. The summed E-state index contributed by atoms with van der Waals surface area (Å²) in [6, 6.07) is 7.75. The van der Waals surface area contributed by atoms with Gasteiger partial charge in [-0.1, -0.05) is 13.8 Å². The van der Waals surface area contributed by atoms with Crippen LogP contribution in [0.25, 0.3) is 0 Å². The van der Waals surface area contributed by atoms with Crippen LogP contribution in [0.15, 0.2) is 29.2 Å². The van der Waals surface area contributed by atoms with Gasteiger partial charge < -0.3 is 0 Å². The Bertz CT molecular complexity index is 697. The van der Waals surface area contributed by atoms with Crippen LogP contribution >= 0.6 is 23.1 Å². The third-order valence-electron chi connectivity index (χ3n) is 4.00. The molecule has 6 heteroatoms. The summed E-state index contributed by atoms with van der Waals surface area (Å²) < 4.78 is 0. The number of anilines is 1. The lowest BCUT2D eigenvalue weighted by molar-refractivity contribution is 0.102. The molecule has 1 aliphatic heterocycles. The molecule has 1 amide bonds. The van der Waals surface area contributed by atoms with Gasteiger partial charge in [0.05, 0.1) is 5.69 Å². The fourth-order valence-corrected chi connectivity index (χ4v) is 4.55. The average Bonchev–Trinajstić information content (AvgIpc) is 2.97. The first-order chi connectivity index (χ1) is 11.7. The first-order valence-corrected chi connectivity index (χ1v) is 10.2. The number of hydrogen-bond donors (Lipinski definition) is 1. The average molecular weight is 362 g/mol. The van der Waals surface area contributed by atoms with E-state index in [1.165, 1.54) is 16.2 Å². The van der Waals surface area contributed by atoms with Gasteiger partial charge in [-0.05, 0) is 43.0 Å². The van der Waals surface area contributed by atoms with E-state index in [9.17, 15) is 4.79 Å². The summed E-state index contributed by atoms with van der Waals surface area (Å²) >= 11 is 3.39. The van der Waals surface area contributed by atoms with Crippen LogP contribution in [0.4, 0.5) is 5.13 Å². The number of rotatable bonds is 6. The molecule has 1 aliphatic rings. The quantitative estimate of drug-likeness (QED) is 0.780. The zero-order valence-electron chi connectivity index (χ0n) is 14.2. The topological polar surface area (TPSA) is 45.2 Å². The number of amides is 1. The maximum Gasteiger partial charge on any atom is 0.257 e. The number of thioether (sulfide) groups is 1. The molecule has 0 saturated carbocycles. The van der Waals surface area contributed by atoms with Crippen LogP contribution in [-0.2, 0) is 13.0 Å². The Morgan fingerprint density at radius 3 is 2.83 bits per heavy atom. The van der Waals surface area contributed by atoms with Crippen LogP contribution < -0.4 is 5.32 Å². The molecular weight excluding hydrogens is 338 g/mol. The van der Waals surface area contributed by atoms with E-state index in [-0.39, 0.29) is 5.91 Å². The van der Waals surface area contributed by atoms with E-state index in [0.717, 1.165) is 42.6 Å². The Labute approximate surface area is 151 Å². The molecule has 0 radical (unpaired) electrons. The van der Waals surface area contributed by atoms with Crippen molar-refractivity contribution in [3.8, 4) is 0 Å². The highest BCUT2D eigenvalue weighted by Crippen LogP contribution is 2.28. The van der Waals surface area contributed by atoms with Gasteiger partial charge in [-0.3, -0.25) is 15.0 Å². The number of carbonyl (C=O) groups is 1. The molecule has 1 aromatic heterocycles. The normalized spacial score (nSPS) is 14.4. The zero-order chi connectivity index (χ0) is 16.9. The molecule has 0 fully saturated rings. The van der Waals surface area contributed by atoms with Crippen LogP contribution in [0.3, 0.4) is 0 Å². The van der Waals surface area contributed by atoms with Gasteiger partial charge in [0.15, 0.2) is 5.13 Å². The van der Waals surface area contributed by atoms with E-state index in [2.05, 4.69) is 29.0 Å². The van der Waals surface area contributed by atoms with Crippen LogP contribution in [0, 0.1) is 0 Å². The van der Waals surface area contributed by atoms with E-state index in [4.69, 9.17) is 0 Å². The second kappa shape index (κ2) is 8.14. The Morgan fingerprint density at radius 1 is 1.33 bits per heavy atom. The van der Waals surface area contributed by atoms with Gasteiger partial charge in [0.1, 0.15) is 0 Å². The van der Waals surface area contributed by atoms with Crippen molar-refractivity contribution in [2.75, 3.05) is 24.2 Å². The van der Waals surface area contributed by atoms with E-state index in [1.807, 2.05) is 24.3 Å². The fourth-order valence-electron chi connectivity index (χ4n) is 2.85. The number of hydrogen-bond acceptors (Lipinski definition) is 5. The van der Waals surface area contributed by atoms with Crippen molar-refractivity contribution in [3.63, 3.8) is 0 Å². The molecule has 2 heterocycles. The molecule has 0 spiro atoms. The van der Waals surface area contributed by atoms with Gasteiger partial charge in [0, 0.05) is 34.8 Å². The van der Waals surface area contributed by atoms with Crippen molar-refractivity contribution in [1.82, 2.24) is 9.88 Å². The zero-order valence-corrected chi connectivity index (χ0v) is 15.8. The highest BCUT2D eigenvalue weighted by Gasteiger charge is 2.21. The van der Waals surface area contributed by atoms with Crippen molar-refractivity contribution < 1.29 is 4.79 Å². The van der Waals surface area contributed by atoms with E-state index in [0.29, 0.717) is 5.56 Å². The molecule has 0 saturated heterocycles. The fraction of sp³-hybridized carbons (Fsp3) is 0.444. The molecule has 3 rings (SSSR count). The molecule has 24 heavy (non-hydrogen) atoms. The third kappa shape index (κ3) is 4.18. The van der Waals surface area contributed by atoms with Gasteiger partial charge >= 0.3 is 0 Å². The van der Waals surface area contributed by atoms with Gasteiger partial charge in [-0.2, -0.15) is 0 Å². The molecule has 2 aromatic rings. The van der Waals surface area contributed by atoms with Crippen LogP contribution in [0.2, 0.25) is 0 Å². The molecule has 4 nitrogen and oxygen atoms in total. The minimum Gasteiger partial charge on any atom is -0.298 e. The highest BCUT2D eigenvalue weighted by atomic mass is 32.2. The summed E-state index contributed by atoms with van der Waals surface area (Å²) in [6.45, 7) is 7.48. The Kier molecular flexibility index (Phi) is 5.92. The summed E-state index contributed by atoms with van der Waals surface area (Å²) in [5.74, 6) is 0.949. The Balaban J connectivity index is 1.65. The van der Waals surface area contributed by atoms with Crippen molar-refractivity contribution in [2.45, 2.75) is 38.1 Å². The predicted octanol–water partition coefficient (Wildman–Crippen LogP) is 4.28. The smallest absolute Gasteiger partial charge is 0.257 e. The highest BCUT2D eigenvalue weighted by molar-refractivity contribution is 7.99. The van der Waals surface area contributed by atoms with Crippen molar-refractivity contribution in [2.24, 2.45) is 0 Å². The van der Waals surface area contributed by atoms with Gasteiger partial charge in [0.25, 0.3) is 5.91 Å². The molecule has 1 aromatic carbocycles. The predicted molar refractivity (Wildman–Crippen MR) is 102 cm³/mol. The molecule has 0 atom stereocenters. The molecule has 0 aliphatic carbocycles. The minimum atomic E-state index is -0.0837. The van der Waals surface area contributed by atoms with Gasteiger partial charge in [-0.15, -0.1) is 23.1 Å². The summed E-state index contributed by atoms with van der Waals surface area (Å²) in [4.78, 5) is 22.0. The third-order valence-corrected chi connectivity index (χ3v) is 5.89. The van der Waals surface area contributed by atoms with E-state index < -0.39 is 0 Å². The number of aromatic nitrogens is 1. The maximum atomic E-state index is 12.4. The van der Waals surface area contributed by atoms with Crippen LogP contribution in [0.5, 0.6) is 0 Å². The number of benzene rings is 1. The Morgan fingerprint density at radius 2 is 2.12 bits per heavy atom. The molecule has 1 N–H and O–H groups in total. The minimum absolute atomic E-state index is 0.0837. The monoisotopic (exact) mass is 361 g/mol. The van der Waals surface area contributed by atoms with Crippen LogP contribution in [0.1, 0.15) is 41.2 Å². The van der Waals surface area contributed by atoms with Gasteiger partial charge in [-0.25, -0.2) is 4.98 Å². The van der Waals surface area contributed by atoms with Crippen LogP contribution in [-0.4, -0.2) is 34.6 Å². The number of fused-ring (bicyclic) bond motifs is 1. The second-order valence-corrected chi connectivity index (χ2v) is 8.25. The second-order valence-electron chi connectivity index (χ2n) is 5.83. The summed E-state index contributed by atoms with van der Waals surface area (Å²) in [5, 5.41) is 3.67. The van der Waals surface area contributed by atoms with Crippen molar-refractivity contribution in [3.05, 3.63) is 40.4 Å². The number of nitrogens with zero attached hydrogens (tertiary/aromatic N) is 2. The maximum absolute atomic E-state index is 12.4. The largest absolute Gasteiger partial charge is 0.298 e. The first kappa shape index (κ1) is 17.5.